The molecule has 0 N–H and O–H groups in total. The molecule has 0 bridgehead atoms. The maximum Gasteiger partial charge on any atom is 0.0467 e. The van der Waals surface area contributed by atoms with Crippen molar-refractivity contribution in [2.75, 3.05) is 4.90 Å². The van der Waals surface area contributed by atoms with Crippen LogP contribution < -0.4 is 4.90 Å². The predicted molar refractivity (Wildman–Crippen MR) is 235 cm³/mol. The monoisotopic (exact) mass is 713 g/mol. The van der Waals surface area contributed by atoms with Crippen molar-refractivity contribution in [3.63, 3.8) is 0 Å². The summed E-state index contributed by atoms with van der Waals surface area (Å²) in [4.78, 5) is 2.45. The van der Waals surface area contributed by atoms with Gasteiger partial charge in [0.1, 0.15) is 0 Å². The molecular formula is C54H51N. The van der Waals surface area contributed by atoms with Gasteiger partial charge in [0, 0.05) is 22.5 Å². The lowest BCUT2D eigenvalue weighted by Crippen LogP contribution is -2.42. The Morgan fingerprint density at radius 1 is 0.309 bits per heavy atom. The van der Waals surface area contributed by atoms with Gasteiger partial charge in [0.25, 0.3) is 0 Å². The van der Waals surface area contributed by atoms with E-state index in [9.17, 15) is 0 Å². The Labute approximate surface area is 328 Å². The van der Waals surface area contributed by atoms with E-state index < -0.39 is 0 Å². The zero-order valence-electron chi connectivity index (χ0n) is 33.5. The summed E-state index contributed by atoms with van der Waals surface area (Å²) in [5.74, 6) is 0. The normalized spacial score (nSPS) is 16.6. The molecule has 1 heteroatoms. The van der Waals surface area contributed by atoms with Crippen molar-refractivity contribution in [1.29, 1.82) is 0 Å². The highest BCUT2D eigenvalue weighted by atomic mass is 15.1. The third kappa shape index (κ3) is 5.27. The molecule has 0 saturated heterocycles. The van der Waals surface area contributed by atoms with Gasteiger partial charge in [-0.05, 0) is 132 Å². The zero-order valence-corrected chi connectivity index (χ0v) is 33.5. The molecule has 1 nitrogen and oxygen atoms in total. The molecule has 0 saturated carbocycles. The van der Waals surface area contributed by atoms with Gasteiger partial charge in [-0.1, -0.05) is 171 Å². The van der Waals surface area contributed by atoms with Crippen molar-refractivity contribution in [3.8, 4) is 44.5 Å². The summed E-state index contributed by atoms with van der Waals surface area (Å²) in [6, 6.07) is 60.9. The minimum atomic E-state index is -0.101. The molecule has 272 valence electrons. The molecule has 0 amide bonds. The first-order valence-electron chi connectivity index (χ1n) is 19.9. The molecule has 0 spiro atoms. The lowest BCUT2D eigenvalue weighted by Gasteiger charge is -2.44. The zero-order chi connectivity index (χ0) is 38.3. The molecule has 0 heterocycles. The summed E-state index contributed by atoms with van der Waals surface area (Å²) in [6.45, 7) is 19.4. The fourth-order valence-corrected chi connectivity index (χ4v) is 9.71. The van der Waals surface area contributed by atoms with E-state index in [1.165, 1.54) is 66.8 Å². The van der Waals surface area contributed by atoms with E-state index in [1.807, 2.05) is 0 Å². The third-order valence-corrected chi connectivity index (χ3v) is 14.2. The lowest BCUT2D eigenvalue weighted by molar-refractivity contribution is 0.125. The Morgan fingerprint density at radius 3 is 1.45 bits per heavy atom. The largest absolute Gasteiger partial charge is 0.310 e. The molecule has 2 aliphatic carbocycles. The van der Waals surface area contributed by atoms with Crippen molar-refractivity contribution in [2.24, 2.45) is 5.41 Å². The van der Waals surface area contributed by atoms with E-state index in [-0.39, 0.29) is 21.7 Å². The van der Waals surface area contributed by atoms with Crippen molar-refractivity contribution in [2.45, 2.75) is 71.6 Å². The molecule has 7 aromatic carbocycles. The Morgan fingerprint density at radius 2 is 0.800 bits per heavy atom. The molecule has 55 heavy (non-hydrogen) atoms. The minimum Gasteiger partial charge on any atom is -0.310 e. The maximum absolute atomic E-state index is 2.53. The minimum absolute atomic E-state index is 0.00521. The number of hydrogen-bond acceptors (Lipinski definition) is 1. The van der Waals surface area contributed by atoms with Crippen LogP contribution in [0.15, 0.2) is 164 Å². The summed E-state index contributed by atoms with van der Waals surface area (Å²) in [6.07, 6.45) is 0. The van der Waals surface area contributed by atoms with Gasteiger partial charge in [0.05, 0.1) is 0 Å². The molecule has 2 aliphatic rings. The van der Waals surface area contributed by atoms with E-state index in [4.69, 9.17) is 0 Å². The number of fused-ring (bicyclic) bond motifs is 4. The average molecular weight is 714 g/mol. The Kier molecular flexibility index (Phi) is 7.93. The van der Waals surface area contributed by atoms with Gasteiger partial charge >= 0.3 is 0 Å². The van der Waals surface area contributed by atoms with Crippen LogP contribution in [0.2, 0.25) is 0 Å². The second-order valence-corrected chi connectivity index (χ2v) is 17.9. The Balaban J connectivity index is 1.24. The molecule has 0 atom stereocenters. The fraction of sp³-hybridized carbons (Fsp3) is 0.222. The van der Waals surface area contributed by atoms with Gasteiger partial charge < -0.3 is 4.90 Å². The van der Waals surface area contributed by atoms with Crippen LogP contribution in [0.25, 0.3) is 44.5 Å². The van der Waals surface area contributed by atoms with E-state index in [2.05, 4.69) is 224 Å². The van der Waals surface area contributed by atoms with E-state index in [0.29, 0.717) is 0 Å². The van der Waals surface area contributed by atoms with Gasteiger partial charge in [-0.25, -0.2) is 0 Å². The SMILES string of the molecule is CC1(C)c2ccccc2-c2ccc(N(c3ccc(-c4ccccc4)cc3)c3cccc(-c4cc5c(cc4-c4ccccc4)C(C)(C)C(C)(C)C5(C)C)c3)cc21. The summed E-state index contributed by atoms with van der Waals surface area (Å²) < 4.78 is 0. The van der Waals surface area contributed by atoms with E-state index >= 15 is 0 Å². The molecule has 9 rings (SSSR count). The number of rotatable bonds is 6. The standard InChI is InChI=1S/C54H51N/c1-51(2)47-25-16-15-24-43(47)44-31-30-42(33-48(44)51)55(40-28-26-37(27-29-40)36-18-11-9-12-19-36)41-23-17-22-39(32-41)46-35-50-49(34-45(46)38-20-13-10-14-21-38)52(3,4)54(7,8)53(50,5)6/h9-35H,1-8H3. The van der Waals surface area contributed by atoms with Crippen molar-refractivity contribution in [1.82, 2.24) is 0 Å². The quantitative estimate of drug-likeness (QED) is 0.166. The van der Waals surface area contributed by atoms with Crippen molar-refractivity contribution in [3.05, 3.63) is 186 Å². The summed E-state index contributed by atoms with van der Waals surface area (Å²) in [7, 11) is 0. The van der Waals surface area contributed by atoms with Crippen LogP contribution in [0.3, 0.4) is 0 Å². The Hall–Kier alpha value is -5.66. The van der Waals surface area contributed by atoms with Gasteiger partial charge in [-0.3, -0.25) is 0 Å². The average Bonchev–Trinajstić information content (AvgIpc) is 3.49. The second kappa shape index (κ2) is 12.4. The lowest BCUT2D eigenvalue weighted by atomic mass is 9.59. The van der Waals surface area contributed by atoms with E-state index in [0.717, 1.165) is 17.1 Å². The van der Waals surface area contributed by atoms with Crippen LogP contribution in [0.1, 0.15) is 77.6 Å². The summed E-state index contributed by atoms with van der Waals surface area (Å²) >= 11 is 0. The molecule has 0 aliphatic heterocycles. The highest BCUT2D eigenvalue weighted by Gasteiger charge is 2.57. The first-order valence-corrected chi connectivity index (χ1v) is 19.9. The first kappa shape index (κ1) is 35.1. The van der Waals surface area contributed by atoms with Crippen molar-refractivity contribution >= 4 is 17.1 Å². The number of anilines is 3. The highest BCUT2D eigenvalue weighted by Crippen LogP contribution is 2.63. The summed E-state index contributed by atoms with van der Waals surface area (Å²) in [5, 5.41) is 0. The second-order valence-electron chi connectivity index (χ2n) is 17.9. The summed E-state index contributed by atoms with van der Waals surface area (Å²) in [5.41, 5.74) is 19.2. The molecule has 0 radical (unpaired) electrons. The third-order valence-electron chi connectivity index (χ3n) is 14.2. The van der Waals surface area contributed by atoms with Crippen LogP contribution in [0.4, 0.5) is 17.1 Å². The first-order chi connectivity index (χ1) is 26.3. The topological polar surface area (TPSA) is 3.24 Å². The number of benzene rings is 7. The molecule has 7 aromatic rings. The van der Waals surface area contributed by atoms with Gasteiger partial charge in [-0.15, -0.1) is 0 Å². The number of nitrogens with zero attached hydrogens (tertiary/aromatic N) is 1. The maximum atomic E-state index is 2.53. The van der Waals surface area contributed by atoms with Crippen LogP contribution in [-0.2, 0) is 16.2 Å². The smallest absolute Gasteiger partial charge is 0.0467 e. The fourth-order valence-electron chi connectivity index (χ4n) is 9.71. The van der Waals surface area contributed by atoms with Gasteiger partial charge in [0.2, 0.25) is 0 Å². The molecule has 0 fully saturated rings. The number of hydrogen-bond donors (Lipinski definition) is 0. The van der Waals surface area contributed by atoms with Crippen molar-refractivity contribution < 1.29 is 0 Å². The molecular weight excluding hydrogens is 663 g/mol. The van der Waals surface area contributed by atoms with Crippen LogP contribution >= 0.6 is 0 Å². The predicted octanol–water partition coefficient (Wildman–Crippen LogP) is 15.1. The van der Waals surface area contributed by atoms with Crippen LogP contribution in [0, 0.1) is 5.41 Å². The van der Waals surface area contributed by atoms with Gasteiger partial charge in [0.15, 0.2) is 0 Å². The van der Waals surface area contributed by atoms with E-state index in [1.54, 1.807) is 0 Å². The van der Waals surface area contributed by atoms with Gasteiger partial charge in [-0.2, -0.15) is 0 Å². The highest BCUT2D eigenvalue weighted by molar-refractivity contribution is 5.90. The van der Waals surface area contributed by atoms with Crippen LogP contribution in [0.5, 0.6) is 0 Å². The van der Waals surface area contributed by atoms with Crippen LogP contribution in [-0.4, -0.2) is 0 Å². The molecule has 0 aromatic heterocycles. The molecule has 0 unspecified atom stereocenters. The Bertz CT molecular complexity index is 2570.